The number of esters is 1. The summed E-state index contributed by atoms with van der Waals surface area (Å²) < 4.78 is 5.73. The van der Waals surface area contributed by atoms with E-state index in [9.17, 15) is 4.79 Å². The lowest BCUT2D eigenvalue weighted by Crippen LogP contribution is -2.38. The van der Waals surface area contributed by atoms with Crippen LogP contribution in [0, 0.1) is 17.8 Å². The van der Waals surface area contributed by atoms with Gasteiger partial charge in [-0.2, -0.15) is 0 Å². The Morgan fingerprint density at radius 2 is 2.15 bits per heavy atom. The van der Waals surface area contributed by atoms with Gasteiger partial charge in [-0.25, -0.2) is 4.79 Å². The number of cyclic esters (lactones) is 1. The van der Waals surface area contributed by atoms with Crippen LogP contribution in [-0.2, 0) is 9.53 Å². The highest BCUT2D eigenvalue weighted by Crippen LogP contribution is 2.33. The first kappa shape index (κ1) is 17.2. The Bertz CT molecular complexity index is 338. The molecule has 1 saturated heterocycles. The molecule has 3 heteroatoms. The van der Waals surface area contributed by atoms with Crippen LogP contribution >= 0.6 is 0 Å². The van der Waals surface area contributed by atoms with Gasteiger partial charge in [-0.3, -0.25) is 0 Å². The van der Waals surface area contributed by atoms with Crippen molar-refractivity contribution in [2.75, 3.05) is 13.6 Å². The van der Waals surface area contributed by atoms with Crippen LogP contribution in [0.2, 0.25) is 0 Å². The molecule has 1 rings (SSSR count). The fourth-order valence-corrected chi connectivity index (χ4v) is 3.09. The molecular formula is C17H31NO2. The number of rotatable bonds is 7. The summed E-state index contributed by atoms with van der Waals surface area (Å²) in [6.07, 6.45) is 6.14. The van der Waals surface area contributed by atoms with Crippen LogP contribution in [-0.4, -0.2) is 25.7 Å². The number of hydrogen-bond acceptors (Lipinski definition) is 3. The third kappa shape index (κ3) is 4.62. The quantitative estimate of drug-likeness (QED) is 0.573. The average molecular weight is 281 g/mol. The summed E-state index contributed by atoms with van der Waals surface area (Å²) in [6, 6.07) is 0. The predicted octanol–water partition coefficient (Wildman–Crippen LogP) is 3.55. The summed E-state index contributed by atoms with van der Waals surface area (Å²) in [5, 5.41) is 3.26. The van der Waals surface area contributed by atoms with Crippen molar-refractivity contribution in [1.29, 1.82) is 0 Å². The zero-order valence-corrected chi connectivity index (χ0v) is 13.7. The molecule has 0 bridgehead atoms. The van der Waals surface area contributed by atoms with Crippen molar-refractivity contribution in [3.63, 3.8) is 0 Å². The van der Waals surface area contributed by atoms with Gasteiger partial charge in [-0.05, 0) is 57.5 Å². The summed E-state index contributed by atoms with van der Waals surface area (Å²) >= 11 is 0. The normalized spacial score (nSPS) is 26.1. The monoisotopic (exact) mass is 281 g/mol. The molecule has 1 heterocycles. The van der Waals surface area contributed by atoms with Crippen molar-refractivity contribution in [3.8, 4) is 0 Å². The Morgan fingerprint density at radius 3 is 2.65 bits per heavy atom. The zero-order chi connectivity index (χ0) is 15.1. The molecule has 4 atom stereocenters. The lowest BCUT2D eigenvalue weighted by Gasteiger charge is -2.36. The molecule has 1 fully saturated rings. The SMILES string of the molecule is C/C=C1\CCC(C(CC(C)CC)C(C)CNC)OC1=O. The summed E-state index contributed by atoms with van der Waals surface area (Å²) in [5.74, 6) is 1.56. The molecule has 0 aliphatic carbocycles. The first-order valence-electron chi connectivity index (χ1n) is 8.04. The van der Waals surface area contributed by atoms with Crippen LogP contribution in [0.1, 0.15) is 53.4 Å². The minimum Gasteiger partial charge on any atom is -0.459 e. The predicted molar refractivity (Wildman–Crippen MR) is 83.5 cm³/mol. The zero-order valence-electron chi connectivity index (χ0n) is 13.7. The van der Waals surface area contributed by atoms with E-state index in [0.29, 0.717) is 17.8 Å². The lowest BCUT2D eigenvalue weighted by molar-refractivity contribution is -0.152. The van der Waals surface area contributed by atoms with E-state index in [0.717, 1.165) is 31.4 Å². The summed E-state index contributed by atoms with van der Waals surface area (Å²) in [4.78, 5) is 12.0. The Kier molecular flexibility index (Phi) is 7.28. The maximum absolute atomic E-state index is 12.0. The molecule has 0 saturated carbocycles. The molecule has 116 valence electrons. The topological polar surface area (TPSA) is 38.3 Å². The highest BCUT2D eigenvalue weighted by Gasteiger charge is 2.34. The first-order valence-corrected chi connectivity index (χ1v) is 8.04. The van der Waals surface area contributed by atoms with Gasteiger partial charge in [0.15, 0.2) is 0 Å². The van der Waals surface area contributed by atoms with Crippen molar-refractivity contribution < 1.29 is 9.53 Å². The van der Waals surface area contributed by atoms with Gasteiger partial charge in [-0.15, -0.1) is 0 Å². The van der Waals surface area contributed by atoms with Crippen LogP contribution in [0.25, 0.3) is 0 Å². The second-order valence-electron chi connectivity index (χ2n) is 6.24. The number of ether oxygens (including phenoxy) is 1. The lowest BCUT2D eigenvalue weighted by atomic mass is 9.78. The van der Waals surface area contributed by atoms with Gasteiger partial charge in [0.05, 0.1) is 0 Å². The van der Waals surface area contributed by atoms with Crippen molar-refractivity contribution in [2.45, 2.75) is 59.5 Å². The molecule has 0 aromatic heterocycles. The van der Waals surface area contributed by atoms with Gasteiger partial charge < -0.3 is 10.1 Å². The fourth-order valence-electron chi connectivity index (χ4n) is 3.09. The second-order valence-corrected chi connectivity index (χ2v) is 6.24. The van der Waals surface area contributed by atoms with Gasteiger partial charge >= 0.3 is 5.97 Å². The molecule has 1 aliphatic rings. The maximum atomic E-state index is 12.0. The van der Waals surface area contributed by atoms with Crippen LogP contribution in [0.15, 0.2) is 11.6 Å². The maximum Gasteiger partial charge on any atom is 0.333 e. The van der Waals surface area contributed by atoms with Crippen LogP contribution in [0.4, 0.5) is 0 Å². The largest absolute Gasteiger partial charge is 0.459 e. The number of carbonyl (C=O) groups excluding carboxylic acids is 1. The van der Waals surface area contributed by atoms with E-state index in [1.54, 1.807) is 0 Å². The first-order chi connectivity index (χ1) is 9.53. The molecule has 4 unspecified atom stereocenters. The van der Waals surface area contributed by atoms with E-state index >= 15 is 0 Å². The molecule has 0 aromatic carbocycles. The highest BCUT2D eigenvalue weighted by molar-refractivity contribution is 5.89. The van der Waals surface area contributed by atoms with Crippen molar-refractivity contribution >= 4 is 5.97 Å². The Balaban J connectivity index is 2.75. The van der Waals surface area contributed by atoms with Gasteiger partial charge in [-0.1, -0.05) is 33.3 Å². The Morgan fingerprint density at radius 1 is 1.45 bits per heavy atom. The van der Waals surface area contributed by atoms with Crippen LogP contribution < -0.4 is 5.32 Å². The minimum atomic E-state index is -0.102. The third-order valence-corrected chi connectivity index (χ3v) is 4.67. The fraction of sp³-hybridized carbons (Fsp3) is 0.824. The van der Waals surface area contributed by atoms with Gasteiger partial charge in [0.2, 0.25) is 0 Å². The molecule has 20 heavy (non-hydrogen) atoms. The number of nitrogens with one attached hydrogen (secondary N) is 1. The molecular weight excluding hydrogens is 250 g/mol. The van der Waals surface area contributed by atoms with Gasteiger partial charge in [0.25, 0.3) is 0 Å². The van der Waals surface area contributed by atoms with E-state index in [4.69, 9.17) is 4.74 Å². The molecule has 1 aliphatic heterocycles. The van der Waals surface area contributed by atoms with Crippen LogP contribution in [0.3, 0.4) is 0 Å². The van der Waals surface area contributed by atoms with Gasteiger partial charge in [0.1, 0.15) is 6.10 Å². The molecule has 3 nitrogen and oxygen atoms in total. The van der Waals surface area contributed by atoms with Crippen molar-refractivity contribution in [1.82, 2.24) is 5.32 Å². The summed E-state index contributed by atoms with van der Waals surface area (Å²) in [6.45, 7) is 9.68. The number of allylic oxidation sites excluding steroid dienone is 1. The molecule has 0 aromatic rings. The molecule has 1 N–H and O–H groups in total. The van der Waals surface area contributed by atoms with Crippen molar-refractivity contribution in [3.05, 3.63) is 11.6 Å². The second kappa shape index (κ2) is 8.46. The van der Waals surface area contributed by atoms with E-state index in [-0.39, 0.29) is 12.1 Å². The highest BCUT2D eigenvalue weighted by atomic mass is 16.5. The number of carbonyl (C=O) groups is 1. The standard InChI is InChI=1S/C17H31NO2/c1-6-12(3)10-15(13(4)11-18-5)16-9-8-14(7-2)17(19)20-16/h7,12-13,15-16,18H,6,8-11H2,1-5H3/b14-7+. The smallest absolute Gasteiger partial charge is 0.333 e. The minimum absolute atomic E-state index is 0.0866. The van der Waals surface area contributed by atoms with E-state index in [2.05, 4.69) is 26.1 Å². The molecule has 0 amide bonds. The Hall–Kier alpha value is -0.830. The summed E-state index contributed by atoms with van der Waals surface area (Å²) in [5.41, 5.74) is 0.838. The van der Waals surface area contributed by atoms with Crippen LogP contribution in [0.5, 0.6) is 0 Å². The van der Waals surface area contributed by atoms with Crippen molar-refractivity contribution in [2.24, 2.45) is 17.8 Å². The Labute approximate surface area is 124 Å². The third-order valence-electron chi connectivity index (χ3n) is 4.67. The van der Waals surface area contributed by atoms with E-state index in [1.165, 1.54) is 6.42 Å². The van der Waals surface area contributed by atoms with E-state index < -0.39 is 0 Å². The van der Waals surface area contributed by atoms with Gasteiger partial charge in [0, 0.05) is 5.57 Å². The van der Waals surface area contributed by atoms with E-state index in [1.807, 2.05) is 20.0 Å². The molecule has 0 spiro atoms. The average Bonchev–Trinajstić information content (AvgIpc) is 2.44. The number of hydrogen-bond donors (Lipinski definition) is 1. The summed E-state index contributed by atoms with van der Waals surface area (Å²) in [7, 11) is 1.99. The molecule has 0 radical (unpaired) electrons.